The average Bonchev–Trinajstić information content (AvgIpc) is 3.11. The highest BCUT2D eigenvalue weighted by Crippen LogP contribution is 2.22. The molecular weight excluding hydrogens is 386 g/mol. The summed E-state index contributed by atoms with van der Waals surface area (Å²) in [6, 6.07) is 18.5. The molecule has 2 N–H and O–H groups in total. The number of aromatic amines is 1. The fourth-order valence-electron chi connectivity index (χ4n) is 3.56. The molecule has 0 amide bonds. The molecule has 2 heterocycles. The van der Waals surface area contributed by atoms with Gasteiger partial charge in [0.1, 0.15) is 17.4 Å². The molecule has 0 fully saturated rings. The molecule has 0 unspecified atom stereocenters. The Morgan fingerprint density at radius 2 is 1.97 bits per heavy atom. The Hall–Kier alpha value is -3.38. The zero-order valence-electron chi connectivity index (χ0n) is 18.4. The van der Waals surface area contributed by atoms with Gasteiger partial charge in [0.2, 0.25) is 0 Å². The highest BCUT2D eigenvalue weighted by molar-refractivity contribution is 5.84. The number of nitrogens with zero attached hydrogens (tertiary/aromatic N) is 3. The van der Waals surface area contributed by atoms with E-state index in [1.165, 1.54) is 5.39 Å². The monoisotopic (exact) mass is 415 g/mol. The molecule has 160 valence electrons. The average molecular weight is 416 g/mol. The van der Waals surface area contributed by atoms with Gasteiger partial charge in [0, 0.05) is 41.4 Å². The molecule has 0 saturated carbocycles. The van der Waals surface area contributed by atoms with Crippen molar-refractivity contribution < 1.29 is 4.74 Å². The molecule has 2 aromatic carbocycles. The van der Waals surface area contributed by atoms with E-state index in [1.54, 1.807) is 6.20 Å². The van der Waals surface area contributed by atoms with E-state index in [4.69, 9.17) is 9.72 Å². The van der Waals surface area contributed by atoms with Gasteiger partial charge in [0.05, 0.1) is 6.61 Å². The Morgan fingerprint density at radius 1 is 1.06 bits per heavy atom. The van der Waals surface area contributed by atoms with E-state index in [9.17, 15) is 0 Å². The summed E-state index contributed by atoms with van der Waals surface area (Å²) in [7, 11) is 4.15. The van der Waals surface area contributed by atoms with Gasteiger partial charge < -0.3 is 19.9 Å². The molecule has 4 rings (SSSR count). The van der Waals surface area contributed by atoms with Crippen LogP contribution >= 0.6 is 0 Å². The molecule has 4 aromatic rings. The third-order valence-corrected chi connectivity index (χ3v) is 5.01. The first kappa shape index (κ1) is 20.9. The summed E-state index contributed by atoms with van der Waals surface area (Å²) < 4.78 is 5.89. The Kier molecular flexibility index (Phi) is 6.48. The van der Waals surface area contributed by atoms with E-state index in [0.29, 0.717) is 13.0 Å². The van der Waals surface area contributed by atoms with E-state index < -0.39 is 0 Å². The predicted octanol–water partition coefficient (Wildman–Crippen LogP) is 4.93. The van der Waals surface area contributed by atoms with Crippen LogP contribution in [0.15, 0.2) is 60.8 Å². The van der Waals surface area contributed by atoms with E-state index in [-0.39, 0.29) is 0 Å². The number of rotatable bonds is 9. The predicted molar refractivity (Wildman–Crippen MR) is 126 cm³/mol. The second-order valence-corrected chi connectivity index (χ2v) is 8.07. The third kappa shape index (κ3) is 5.83. The first-order valence-electron chi connectivity index (χ1n) is 10.6. The van der Waals surface area contributed by atoms with Gasteiger partial charge in [-0.3, -0.25) is 0 Å². The molecule has 0 aliphatic heterocycles. The second-order valence-electron chi connectivity index (χ2n) is 8.07. The van der Waals surface area contributed by atoms with Crippen molar-refractivity contribution in [2.45, 2.75) is 19.8 Å². The van der Waals surface area contributed by atoms with Crippen molar-refractivity contribution in [2.75, 3.05) is 32.6 Å². The Bertz CT molecular complexity index is 1150. The number of aryl methyl sites for hydroxylation is 1. The van der Waals surface area contributed by atoms with Crippen molar-refractivity contribution in [2.24, 2.45) is 0 Å². The molecule has 0 spiro atoms. The van der Waals surface area contributed by atoms with E-state index in [0.717, 1.165) is 52.8 Å². The van der Waals surface area contributed by atoms with Gasteiger partial charge in [0.15, 0.2) is 0 Å². The highest BCUT2D eigenvalue weighted by Gasteiger charge is 2.05. The second kappa shape index (κ2) is 9.62. The number of fused-ring (bicyclic) bond motifs is 1. The number of hydrogen-bond donors (Lipinski definition) is 2. The number of nitrogens with one attached hydrogen (secondary N) is 2. The molecule has 6 heteroatoms. The topological polar surface area (TPSA) is 66.1 Å². The molecule has 0 aliphatic carbocycles. The normalized spacial score (nSPS) is 11.2. The Morgan fingerprint density at radius 3 is 2.84 bits per heavy atom. The van der Waals surface area contributed by atoms with E-state index >= 15 is 0 Å². The zero-order valence-corrected chi connectivity index (χ0v) is 18.4. The lowest BCUT2D eigenvalue weighted by Gasteiger charge is -2.11. The quantitative estimate of drug-likeness (QED) is 0.379. The molecule has 2 aromatic heterocycles. The van der Waals surface area contributed by atoms with Crippen molar-refractivity contribution in [3.05, 3.63) is 77.9 Å². The van der Waals surface area contributed by atoms with Crippen LogP contribution in [0.3, 0.4) is 0 Å². The van der Waals surface area contributed by atoms with Crippen LogP contribution in [-0.2, 0) is 6.42 Å². The maximum absolute atomic E-state index is 5.89. The lowest BCUT2D eigenvalue weighted by Crippen LogP contribution is -2.15. The van der Waals surface area contributed by atoms with Gasteiger partial charge in [-0.2, -0.15) is 0 Å². The van der Waals surface area contributed by atoms with Gasteiger partial charge in [-0.05, 0) is 75.5 Å². The Labute approximate surface area is 183 Å². The van der Waals surface area contributed by atoms with Gasteiger partial charge in [-0.1, -0.05) is 12.1 Å². The molecule has 0 radical (unpaired) electrons. The van der Waals surface area contributed by atoms with Crippen molar-refractivity contribution in [1.29, 1.82) is 0 Å². The molecule has 0 bridgehead atoms. The number of ether oxygens (including phenoxy) is 1. The van der Waals surface area contributed by atoms with E-state index in [1.807, 2.05) is 18.2 Å². The maximum atomic E-state index is 5.89. The van der Waals surface area contributed by atoms with Crippen LogP contribution in [0.2, 0.25) is 0 Å². The third-order valence-electron chi connectivity index (χ3n) is 5.01. The number of hydrogen-bond acceptors (Lipinski definition) is 5. The smallest absolute Gasteiger partial charge is 0.135 e. The molecule has 6 nitrogen and oxygen atoms in total. The first-order valence-corrected chi connectivity index (χ1v) is 10.6. The standard InChI is InChI=1S/C25H29N5O/c1-18-14-20-17-21(8-9-23(20)27-18)28-24-10-11-26-25(29-24)16-19-6-4-7-22(15-19)31-13-5-12-30(2)3/h4,6-11,14-15,17,27H,5,12-13,16H2,1-3H3,(H,26,28,29). The number of benzene rings is 2. The number of H-pyrrole nitrogens is 1. The largest absolute Gasteiger partial charge is 0.494 e. The van der Waals surface area contributed by atoms with Crippen LogP contribution < -0.4 is 10.1 Å². The molecular formula is C25H29N5O. The summed E-state index contributed by atoms with van der Waals surface area (Å²) in [5.41, 5.74) is 4.42. The number of aromatic nitrogens is 3. The van der Waals surface area contributed by atoms with Crippen LogP contribution in [0.4, 0.5) is 11.5 Å². The molecule has 0 saturated heterocycles. The van der Waals surface area contributed by atoms with Crippen LogP contribution in [0.1, 0.15) is 23.5 Å². The summed E-state index contributed by atoms with van der Waals surface area (Å²) in [6.07, 6.45) is 3.45. The van der Waals surface area contributed by atoms with Gasteiger partial charge in [0.25, 0.3) is 0 Å². The minimum atomic E-state index is 0.653. The fraction of sp³-hybridized carbons (Fsp3) is 0.280. The molecule has 0 atom stereocenters. The first-order chi connectivity index (χ1) is 15.0. The minimum Gasteiger partial charge on any atom is -0.494 e. The van der Waals surface area contributed by atoms with Crippen LogP contribution in [0, 0.1) is 6.92 Å². The van der Waals surface area contributed by atoms with Crippen LogP contribution in [-0.4, -0.2) is 47.1 Å². The summed E-state index contributed by atoms with van der Waals surface area (Å²) >= 11 is 0. The lowest BCUT2D eigenvalue weighted by atomic mass is 10.1. The van der Waals surface area contributed by atoms with Crippen molar-refractivity contribution in [3.63, 3.8) is 0 Å². The van der Waals surface area contributed by atoms with Gasteiger partial charge in [-0.15, -0.1) is 0 Å². The van der Waals surface area contributed by atoms with Gasteiger partial charge in [-0.25, -0.2) is 9.97 Å². The summed E-state index contributed by atoms with van der Waals surface area (Å²) in [5, 5.41) is 4.57. The summed E-state index contributed by atoms with van der Waals surface area (Å²) in [6.45, 7) is 3.79. The minimum absolute atomic E-state index is 0.653. The van der Waals surface area contributed by atoms with Crippen LogP contribution in [0.25, 0.3) is 10.9 Å². The van der Waals surface area contributed by atoms with Crippen LogP contribution in [0.5, 0.6) is 5.75 Å². The van der Waals surface area contributed by atoms with Crippen molar-refractivity contribution in [1.82, 2.24) is 19.9 Å². The highest BCUT2D eigenvalue weighted by atomic mass is 16.5. The molecule has 31 heavy (non-hydrogen) atoms. The zero-order chi connectivity index (χ0) is 21.6. The van der Waals surface area contributed by atoms with Crippen molar-refractivity contribution in [3.8, 4) is 5.75 Å². The molecule has 0 aliphatic rings. The van der Waals surface area contributed by atoms with E-state index in [2.05, 4.69) is 77.6 Å². The lowest BCUT2D eigenvalue weighted by molar-refractivity contribution is 0.281. The summed E-state index contributed by atoms with van der Waals surface area (Å²) in [4.78, 5) is 14.7. The summed E-state index contributed by atoms with van der Waals surface area (Å²) in [5.74, 6) is 2.45. The van der Waals surface area contributed by atoms with Crippen molar-refractivity contribution >= 4 is 22.4 Å². The number of anilines is 2. The SMILES string of the molecule is Cc1cc2cc(Nc3ccnc(Cc4cccc(OCCCN(C)C)c4)n3)ccc2[nH]1. The maximum Gasteiger partial charge on any atom is 0.135 e. The Balaban J connectivity index is 1.40. The fourth-order valence-corrected chi connectivity index (χ4v) is 3.56. The van der Waals surface area contributed by atoms with Gasteiger partial charge >= 0.3 is 0 Å².